The average Bonchev–Trinajstić information content (AvgIpc) is 2.85. The van der Waals surface area contributed by atoms with Crippen molar-refractivity contribution in [2.24, 2.45) is 12.8 Å². The van der Waals surface area contributed by atoms with E-state index in [2.05, 4.69) is 0 Å². The predicted octanol–water partition coefficient (Wildman–Crippen LogP) is -3.50. The molecule has 2 heterocycles. The summed E-state index contributed by atoms with van der Waals surface area (Å²) >= 11 is 0. The van der Waals surface area contributed by atoms with Crippen molar-refractivity contribution in [2.45, 2.75) is 43.4 Å². The van der Waals surface area contributed by atoms with Gasteiger partial charge in [0.2, 0.25) is 0 Å². The first kappa shape index (κ1) is 19.3. The Bertz CT molecular complexity index is 757. The number of aromatic nitrogens is 2. The van der Waals surface area contributed by atoms with Gasteiger partial charge in [-0.05, 0) is 6.42 Å². The van der Waals surface area contributed by atoms with E-state index in [4.69, 9.17) is 20.7 Å². The maximum Gasteiger partial charge on any atom is 0.330 e. The monoisotopic (exact) mass is 359 g/mol. The molecule has 5 atom stereocenters. The van der Waals surface area contributed by atoms with Gasteiger partial charge in [-0.2, -0.15) is 0 Å². The van der Waals surface area contributed by atoms with Gasteiger partial charge in [0, 0.05) is 19.8 Å². The zero-order valence-corrected chi connectivity index (χ0v) is 13.5. The molecular formula is C14H21N3O8. The van der Waals surface area contributed by atoms with Crippen molar-refractivity contribution in [1.29, 1.82) is 0 Å². The molecule has 1 aliphatic heterocycles. The smallest absolute Gasteiger partial charge is 0.330 e. The highest BCUT2D eigenvalue weighted by Crippen LogP contribution is 2.31. The molecule has 25 heavy (non-hydrogen) atoms. The van der Waals surface area contributed by atoms with E-state index in [1.54, 1.807) is 0 Å². The average molecular weight is 359 g/mol. The maximum atomic E-state index is 12.6. The molecule has 1 aromatic heterocycles. The van der Waals surface area contributed by atoms with Crippen LogP contribution in [0.2, 0.25) is 0 Å². The van der Waals surface area contributed by atoms with E-state index >= 15 is 0 Å². The number of ether oxygens (including phenoxy) is 1. The molecule has 0 bridgehead atoms. The highest BCUT2D eigenvalue weighted by Gasteiger charge is 2.44. The van der Waals surface area contributed by atoms with Gasteiger partial charge in [-0.3, -0.25) is 14.2 Å². The highest BCUT2D eigenvalue weighted by atomic mass is 16.6. The fourth-order valence-corrected chi connectivity index (χ4v) is 2.69. The van der Waals surface area contributed by atoms with E-state index < -0.39 is 54.3 Å². The number of carboxylic acid groups (broad SMARTS) is 1. The molecule has 140 valence electrons. The number of aliphatic hydroxyl groups excluding tert-OH is 3. The fraction of sp³-hybridized carbons (Fsp3) is 0.643. The van der Waals surface area contributed by atoms with Crippen LogP contribution in [0, 0.1) is 0 Å². The summed E-state index contributed by atoms with van der Waals surface area (Å²) in [5.41, 5.74) is 3.84. The zero-order chi connectivity index (χ0) is 18.9. The Labute approximate surface area is 141 Å². The van der Waals surface area contributed by atoms with Crippen LogP contribution in [0.1, 0.15) is 18.1 Å². The van der Waals surface area contributed by atoms with Crippen LogP contribution in [0.25, 0.3) is 0 Å². The third-order valence-electron chi connectivity index (χ3n) is 4.19. The number of aliphatic carboxylic acids is 1. The molecular weight excluding hydrogens is 338 g/mol. The number of carbonyl (C=O) groups is 1. The summed E-state index contributed by atoms with van der Waals surface area (Å²) in [7, 11) is 1.38. The Hall–Kier alpha value is -2.05. The molecule has 0 aromatic carbocycles. The number of carboxylic acids is 1. The Kier molecular flexibility index (Phi) is 5.75. The Balaban J connectivity index is 2.40. The second kappa shape index (κ2) is 7.45. The molecule has 11 nitrogen and oxygen atoms in total. The minimum atomic E-state index is -1.46. The zero-order valence-electron chi connectivity index (χ0n) is 13.5. The van der Waals surface area contributed by atoms with Crippen molar-refractivity contribution in [3.8, 4) is 0 Å². The summed E-state index contributed by atoms with van der Waals surface area (Å²) in [4.78, 5) is 35.5. The van der Waals surface area contributed by atoms with Gasteiger partial charge in [-0.15, -0.1) is 0 Å². The third kappa shape index (κ3) is 3.65. The summed E-state index contributed by atoms with van der Waals surface area (Å²) in [6.07, 6.45) is -4.11. The normalized spacial score (nSPS) is 27.4. The lowest BCUT2D eigenvalue weighted by molar-refractivity contribution is -0.138. The lowest BCUT2D eigenvalue weighted by Gasteiger charge is -2.17. The standard InChI is InChI=1S/C14H21N3O8/c1-16-4-6(11-10(20)9(19)8(5-18)25-11)12(21)17(14(16)24)3-2-7(15)13(22)23/h4,7-11,18-20H,2-3,5,15H2,1H3,(H,22,23)/t7-,8+,9+,10+,11-/m0/s1. The Morgan fingerprint density at radius 2 is 2.00 bits per heavy atom. The Morgan fingerprint density at radius 1 is 1.36 bits per heavy atom. The second-order valence-electron chi connectivity index (χ2n) is 5.93. The molecule has 1 aromatic rings. The van der Waals surface area contributed by atoms with Crippen LogP contribution in [0.3, 0.4) is 0 Å². The largest absolute Gasteiger partial charge is 0.480 e. The van der Waals surface area contributed by atoms with Gasteiger partial charge in [0.05, 0.1) is 12.2 Å². The molecule has 0 saturated carbocycles. The van der Waals surface area contributed by atoms with Crippen molar-refractivity contribution in [3.63, 3.8) is 0 Å². The van der Waals surface area contributed by atoms with Gasteiger partial charge < -0.3 is 35.5 Å². The van der Waals surface area contributed by atoms with Crippen LogP contribution in [-0.2, 0) is 23.1 Å². The van der Waals surface area contributed by atoms with Gasteiger partial charge in [0.25, 0.3) is 5.56 Å². The predicted molar refractivity (Wildman–Crippen MR) is 82.9 cm³/mol. The highest BCUT2D eigenvalue weighted by molar-refractivity contribution is 5.72. The summed E-state index contributed by atoms with van der Waals surface area (Å²) in [5, 5.41) is 37.8. The van der Waals surface area contributed by atoms with Crippen molar-refractivity contribution in [2.75, 3.05) is 6.61 Å². The van der Waals surface area contributed by atoms with Crippen LogP contribution in [0.4, 0.5) is 0 Å². The van der Waals surface area contributed by atoms with Crippen molar-refractivity contribution in [3.05, 3.63) is 32.6 Å². The molecule has 0 amide bonds. The number of hydrogen-bond acceptors (Lipinski definition) is 8. The molecule has 0 spiro atoms. The van der Waals surface area contributed by atoms with E-state index in [-0.39, 0.29) is 18.5 Å². The number of nitrogens with zero attached hydrogens (tertiary/aromatic N) is 2. The lowest BCUT2D eigenvalue weighted by Crippen LogP contribution is -2.44. The van der Waals surface area contributed by atoms with Gasteiger partial charge in [0.15, 0.2) is 0 Å². The fourth-order valence-electron chi connectivity index (χ4n) is 2.69. The van der Waals surface area contributed by atoms with Gasteiger partial charge in [-0.25, -0.2) is 4.79 Å². The topological polar surface area (TPSA) is 177 Å². The molecule has 11 heteroatoms. The number of rotatable bonds is 6. The van der Waals surface area contributed by atoms with Crippen LogP contribution < -0.4 is 17.0 Å². The minimum Gasteiger partial charge on any atom is -0.480 e. The number of aliphatic hydroxyl groups is 3. The molecule has 1 aliphatic rings. The summed E-state index contributed by atoms with van der Waals surface area (Å²) < 4.78 is 7.20. The number of nitrogens with two attached hydrogens (primary N) is 1. The van der Waals surface area contributed by atoms with Gasteiger partial charge in [-0.1, -0.05) is 0 Å². The summed E-state index contributed by atoms with van der Waals surface area (Å²) in [6, 6.07) is -1.24. The van der Waals surface area contributed by atoms with Crippen molar-refractivity contribution >= 4 is 5.97 Å². The van der Waals surface area contributed by atoms with Crippen molar-refractivity contribution < 1.29 is 30.0 Å². The van der Waals surface area contributed by atoms with Crippen molar-refractivity contribution in [1.82, 2.24) is 9.13 Å². The number of hydrogen-bond donors (Lipinski definition) is 5. The minimum absolute atomic E-state index is 0.0894. The molecule has 0 aliphatic carbocycles. The first-order valence-corrected chi connectivity index (χ1v) is 7.60. The molecule has 6 N–H and O–H groups in total. The second-order valence-corrected chi connectivity index (χ2v) is 5.93. The molecule has 0 radical (unpaired) electrons. The van der Waals surface area contributed by atoms with Crippen LogP contribution in [-0.4, -0.2) is 66.5 Å². The molecule has 0 unspecified atom stereocenters. The summed E-state index contributed by atoms with van der Waals surface area (Å²) in [5.74, 6) is -1.26. The van der Waals surface area contributed by atoms with Gasteiger partial charge in [0.1, 0.15) is 30.5 Å². The quantitative estimate of drug-likeness (QED) is 0.345. The Morgan fingerprint density at radius 3 is 2.52 bits per heavy atom. The molecule has 1 saturated heterocycles. The van der Waals surface area contributed by atoms with Crippen LogP contribution in [0.5, 0.6) is 0 Å². The number of aryl methyl sites for hydroxylation is 1. The van der Waals surface area contributed by atoms with Crippen LogP contribution >= 0.6 is 0 Å². The van der Waals surface area contributed by atoms with E-state index in [9.17, 15) is 24.6 Å². The maximum absolute atomic E-state index is 12.6. The van der Waals surface area contributed by atoms with Crippen LogP contribution in [0.15, 0.2) is 15.8 Å². The van der Waals surface area contributed by atoms with E-state index in [0.29, 0.717) is 0 Å². The molecule has 2 rings (SSSR count). The van der Waals surface area contributed by atoms with E-state index in [1.165, 1.54) is 13.2 Å². The SMILES string of the molecule is Cn1cc([C@@H]2O[C@H](CO)[C@@H](O)[C@H]2O)c(=O)n(CC[C@H](N)C(=O)O)c1=O. The van der Waals surface area contributed by atoms with E-state index in [0.717, 1.165) is 9.13 Å². The first-order chi connectivity index (χ1) is 11.7. The molecule has 1 fully saturated rings. The third-order valence-corrected chi connectivity index (χ3v) is 4.19. The summed E-state index contributed by atoms with van der Waals surface area (Å²) in [6.45, 7) is -0.788. The van der Waals surface area contributed by atoms with Gasteiger partial charge >= 0.3 is 11.7 Å². The first-order valence-electron chi connectivity index (χ1n) is 7.60. The lowest BCUT2D eigenvalue weighted by atomic mass is 10.0. The van der Waals surface area contributed by atoms with E-state index in [1.807, 2.05) is 0 Å².